The van der Waals surface area contributed by atoms with Crippen molar-refractivity contribution in [2.45, 2.75) is 25.3 Å². The third-order valence-corrected chi connectivity index (χ3v) is 5.24. The van der Waals surface area contributed by atoms with Gasteiger partial charge in [-0.25, -0.2) is 0 Å². The van der Waals surface area contributed by atoms with Crippen molar-refractivity contribution in [3.05, 3.63) is 35.2 Å². The van der Waals surface area contributed by atoms with Crippen molar-refractivity contribution in [3.63, 3.8) is 0 Å². The standard InChI is InChI=1S/C16H22N2S/c1-17-9-8-14(18-10-4-5-11-18)16-12-13-6-2-3-7-15(13)19-16/h2-3,6-7,12,14,17H,4-5,8-11H2,1H3. The van der Waals surface area contributed by atoms with Crippen LogP contribution in [0.15, 0.2) is 30.3 Å². The summed E-state index contributed by atoms with van der Waals surface area (Å²) in [7, 11) is 2.05. The van der Waals surface area contributed by atoms with Crippen LogP contribution in [0.2, 0.25) is 0 Å². The Labute approximate surface area is 119 Å². The molecule has 102 valence electrons. The lowest BCUT2D eigenvalue weighted by atomic mass is 10.1. The quantitative estimate of drug-likeness (QED) is 0.895. The molecule has 1 aromatic heterocycles. The first-order valence-corrected chi connectivity index (χ1v) is 8.07. The lowest BCUT2D eigenvalue weighted by Crippen LogP contribution is -2.27. The SMILES string of the molecule is CNCCC(c1cc2ccccc2s1)N1CCCC1. The second-order valence-electron chi connectivity index (χ2n) is 5.34. The van der Waals surface area contributed by atoms with E-state index in [9.17, 15) is 0 Å². The smallest absolute Gasteiger partial charge is 0.0454 e. The third-order valence-electron chi connectivity index (χ3n) is 4.02. The van der Waals surface area contributed by atoms with Gasteiger partial charge in [-0.05, 0) is 63.5 Å². The molecule has 3 heteroatoms. The molecule has 1 unspecified atom stereocenters. The van der Waals surface area contributed by atoms with Crippen molar-refractivity contribution in [2.75, 3.05) is 26.7 Å². The van der Waals surface area contributed by atoms with Gasteiger partial charge in [0.1, 0.15) is 0 Å². The Morgan fingerprint density at radius 2 is 2.05 bits per heavy atom. The lowest BCUT2D eigenvalue weighted by molar-refractivity contribution is 0.236. The average Bonchev–Trinajstić information content (AvgIpc) is 3.08. The molecule has 0 bridgehead atoms. The summed E-state index contributed by atoms with van der Waals surface area (Å²) < 4.78 is 1.42. The molecule has 1 aliphatic rings. The fourth-order valence-electron chi connectivity index (χ4n) is 3.01. The summed E-state index contributed by atoms with van der Waals surface area (Å²) in [5.41, 5.74) is 0. The van der Waals surface area contributed by atoms with Gasteiger partial charge < -0.3 is 5.32 Å². The minimum Gasteiger partial charge on any atom is -0.320 e. The van der Waals surface area contributed by atoms with Crippen LogP contribution in [-0.2, 0) is 0 Å². The van der Waals surface area contributed by atoms with E-state index < -0.39 is 0 Å². The Hall–Kier alpha value is -0.900. The molecular weight excluding hydrogens is 252 g/mol. The fourth-order valence-corrected chi connectivity index (χ4v) is 4.24. The van der Waals surface area contributed by atoms with Crippen molar-refractivity contribution < 1.29 is 0 Å². The van der Waals surface area contributed by atoms with E-state index in [4.69, 9.17) is 0 Å². The monoisotopic (exact) mass is 274 g/mol. The molecule has 0 amide bonds. The number of hydrogen-bond donors (Lipinski definition) is 1. The molecule has 0 radical (unpaired) electrons. The molecule has 1 N–H and O–H groups in total. The van der Waals surface area contributed by atoms with Gasteiger partial charge in [-0.2, -0.15) is 0 Å². The fraction of sp³-hybridized carbons (Fsp3) is 0.500. The zero-order valence-corrected chi connectivity index (χ0v) is 12.4. The van der Waals surface area contributed by atoms with E-state index in [2.05, 4.69) is 40.5 Å². The van der Waals surface area contributed by atoms with Crippen molar-refractivity contribution in [3.8, 4) is 0 Å². The minimum atomic E-state index is 0.604. The van der Waals surface area contributed by atoms with Crippen molar-refractivity contribution in [2.24, 2.45) is 0 Å². The number of benzene rings is 1. The molecule has 1 aliphatic heterocycles. The second kappa shape index (κ2) is 6.04. The maximum absolute atomic E-state index is 3.30. The van der Waals surface area contributed by atoms with Gasteiger partial charge in [-0.15, -0.1) is 11.3 Å². The predicted molar refractivity (Wildman–Crippen MR) is 83.9 cm³/mol. The summed E-state index contributed by atoms with van der Waals surface area (Å²) in [4.78, 5) is 4.21. The summed E-state index contributed by atoms with van der Waals surface area (Å²) in [6.45, 7) is 3.63. The van der Waals surface area contributed by atoms with Gasteiger partial charge in [0.05, 0.1) is 0 Å². The number of nitrogens with zero attached hydrogens (tertiary/aromatic N) is 1. The van der Waals surface area contributed by atoms with Gasteiger partial charge in [0.25, 0.3) is 0 Å². The van der Waals surface area contributed by atoms with Crippen LogP contribution >= 0.6 is 11.3 Å². The van der Waals surface area contributed by atoms with Crippen molar-refractivity contribution in [1.29, 1.82) is 0 Å². The van der Waals surface area contributed by atoms with E-state index in [1.807, 2.05) is 18.4 Å². The molecule has 2 aromatic rings. The highest BCUT2D eigenvalue weighted by Crippen LogP contribution is 2.35. The summed E-state index contributed by atoms with van der Waals surface area (Å²) in [5, 5.41) is 4.70. The van der Waals surface area contributed by atoms with Gasteiger partial charge >= 0.3 is 0 Å². The molecule has 2 heterocycles. The minimum absolute atomic E-state index is 0.604. The molecule has 0 spiro atoms. The van der Waals surface area contributed by atoms with Crippen molar-refractivity contribution in [1.82, 2.24) is 10.2 Å². The Morgan fingerprint density at radius 1 is 1.26 bits per heavy atom. The summed E-state index contributed by atoms with van der Waals surface area (Å²) in [6.07, 6.45) is 3.94. The van der Waals surface area contributed by atoms with E-state index in [0.717, 1.165) is 6.54 Å². The zero-order valence-electron chi connectivity index (χ0n) is 11.6. The van der Waals surface area contributed by atoms with Gasteiger partial charge in [0, 0.05) is 15.6 Å². The Morgan fingerprint density at radius 3 is 2.79 bits per heavy atom. The van der Waals surface area contributed by atoms with Crippen molar-refractivity contribution >= 4 is 21.4 Å². The van der Waals surface area contributed by atoms with Crippen LogP contribution in [0.4, 0.5) is 0 Å². The largest absolute Gasteiger partial charge is 0.320 e. The van der Waals surface area contributed by atoms with Crippen LogP contribution in [0.5, 0.6) is 0 Å². The van der Waals surface area contributed by atoms with Crippen LogP contribution in [0, 0.1) is 0 Å². The molecule has 1 fully saturated rings. The van der Waals surface area contributed by atoms with Gasteiger partial charge in [-0.1, -0.05) is 18.2 Å². The Bertz CT molecular complexity index is 495. The molecule has 1 atom stereocenters. The first-order chi connectivity index (χ1) is 9.38. The molecule has 19 heavy (non-hydrogen) atoms. The van der Waals surface area contributed by atoms with Gasteiger partial charge in [-0.3, -0.25) is 4.90 Å². The van der Waals surface area contributed by atoms with E-state index in [0.29, 0.717) is 6.04 Å². The maximum atomic E-state index is 3.30. The first-order valence-electron chi connectivity index (χ1n) is 7.25. The Kier molecular flexibility index (Phi) is 4.16. The number of thiophene rings is 1. The Balaban J connectivity index is 1.88. The number of rotatable bonds is 5. The van der Waals surface area contributed by atoms with E-state index in [1.54, 1.807) is 4.88 Å². The van der Waals surface area contributed by atoms with Gasteiger partial charge in [0.2, 0.25) is 0 Å². The summed E-state index contributed by atoms with van der Waals surface area (Å²) in [5.74, 6) is 0. The summed E-state index contributed by atoms with van der Waals surface area (Å²) in [6, 6.07) is 11.8. The molecule has 1 saturated heterocycles. The molecule has 3 rings (SSSR count). The zero-order chi connectivity index (χ0) is 13.1. The predicted octanol–water partition coefficient (Wildman–Crippen LogP) is 3.65. The second-order valence-corrected chi connectivity index (χ2v) is 6.45. The van der Waals surface area contributed by atoms with E-state index >= 15 is 0 Å². The molecule has 1 aromatic carbocycles. The van der Waals surface area contributed by atoms with Crippen LogP contribution in [-0.4, -0.2) is 31.6 Å². The molecule has 0 aliphatic carbocycles. The van der Waals surface area contributed by atoms with Gasteiger partial charge in [0.15, 0.2) is 0 Å². The molecule has 0 saturated carbocycles. The van der Waals surface area contributed by atoms with E-state index in [-0.39, 0.29) is 0 Å². The number of fused-ring (bicyclic) bond motifs is 1. The third kappa shape index (κ3) is 2.83. The highest BCUT2D eigenvalue weighted by Gasteiger charge is 2.24. The highest BCUT2D eigenvalue weighted by molar-refractivity contribution is 7.19. The van der Waals surface area contributed by atoms with Crippen LogP contribution in [0.1, 0.15) is 30.2 Å². The maximum Gasteiger partial charge on any atom is 0.0454 e. The first kappa shape index (κ1) is 13.1. The van der Waals surface area contributed by atoms with Crippen LogP contribution in [0.3, 0.4) is 0 Å². The van der Waals surface area contributed by atoms with E-state index in [1.165, 1.54) is 42.4 Å². The topological polar surface area (TPSA) is 15.3 Å². The average molecular weight is 274 g/mol. The highest BCUT2D eigenvalue weighted by atomic mass is 32.1. The molecule has 2 nitrogen and oxygen atoms in total. The normalized spacial score (nSPS) is 18.2. The number of nitrogens with one attached hydrogen (secondary N) is 1. The van der Waals surface area contributed by atoms with Crippen LogP contribution in [0.25, 0.3) is 10.1 Å². The number of likely N-dealkylation sites (tertiary alicyclic amines) is 1. The molecular formula is C16H22N2S. The van der Waals surface area contributed by atoms with Crippen LogP contribution < -0.4 is 5.32 Å². The summed E-state index contributed by atoms with van der Waals surface area (Å²) >= 11 is 1.97. The number of hydrogen-bond acceptors (Lipinski definition) is 3. The lowest BCUT2D eigenvalue weighted by Gasteiger charge is -2.26.